The summed E-state index contributed by atoms with van der Waals surface area (Å²) in [5.41, 5.74) is 0. The summed E-state index contributed by atoms with van der Waals surface area (Å²) in [6.07, 6.45) is 25.2. The predicted molar refractivity (Wildman–Crippen MR) is 314 cm³/mol. The molecule has 17 atom stereocenters. The van der Waals surface area contributed by atoms with Crippen LogP contribution in [-0.2, 0) is 33.2 Å². The molecule has 1 amide bonds. The molecule has 0 saturated carbocycles. The molecule has 17 unspecified atom stereocenters. The van der Waals surface area contributed by atoms with Crippen LogP contribution < -0.4 is 5.32 Å². The molecule has 3 aliphatic heterocycles. The van der Waals surface area contributed by atoms with Crippen LogP contribution in [0.25, 0.3) is 0 Å². The van der Waals surface area contributed by atoms with Gasteiger partial charge in [-0.25, -0.2) is 0 Å². The molecule has 82 heavy (non-hydrogen) atoms. The number of hydrogen-bond acceptors (Lipinski definition) is 18. The Bertz CT molecular complexity index is 1680. The Balaban J connectivity index is 1.47. The maximum absolute atomic E-state index is 13.3. The van der Waals surface area contributed by atoms with Crippen LogP contribution in [0.5, 0.6) is 0 Å². The van der Waals surface area contributed by atoms with E-state index in [1.54, 1.807) is 6.08 Å². The van der Waals surface area contributed by atoms with E-state index < -0.39 is 124 Å². The summed E-state index contributed by atoms with van der Waals surface area (Å²) in [6, 6.07) is -0.991. The van der Waals surface area contributed by atoms with Crippen molar-refractivity contribution in [3.8, 4) is 0 Å². The van der Waals surface area contributed by atoms with Gasteiger partial charge in [-0.3, -0.25) is 4.79 Å². The molecule has 3 heterocycles. The highest BCUT2D eigenvalue weighted by atomic mass is 16.8. The maximum Gasteiger partial charge on any atom is 0.220 e. The van der Waals surface area contributed by atoms with Gasteiger partial charge in [0.1, 0.15) is 73.2 Å². The molecule has 3 fully saturated rings. The lowest BCUT2D eigenvalue weighted by molar-refractivity contribution is -0.379. The summed E-state index contributed by atoms with van der Waals surface area (Å²) >= 11 is 0. The minimum Gasteiger partial charge on any atom is -0.394 e. The molecular weight excluding hydrogens is 1060 g/mol. The molecule has 3 aliphatic rings. The number of carbonyl (C=O) groups is 1. The molecule has 0 bridgehead atoms. The van der Waals surface area contributed by atoms with Gasteiger partial charge in [0, 0.05) is 6.42 Å². The van der Waals surface area contributed by atoms with Crippen LogP contribution in [0.3, 0.4) is 0 Å². The number of amides is 1. The van der Waals surface area contributed by atoms with Gasteiger partial charge in [-0.15, -0.1) is 0 Å². The van der Waals surface area contributed by atoms with E-state index in [0.29, 0.717) is 12.8 Å². The smallest absolute Gasteiger partial charge is 0.220 e. The standard InChI is InChI=1S/C63H113NO18/c1-3-5-7-9-11-13-15-17-19-20-21-22-23-24-25-26-27-29-31-33-35-37-39-41-51(69)64-46(47(68)40-38-36-34-32-30-28-18-16-14-12-10-8-6-4-2)45-77-61-57(75)54(72)59(49(43-66)79-61)82-63-58(76)55(73)60(50(44-67)80-63)81-62-56(74)53(71)52(70)48(42-65)78-62/h15,17,20-21,30,32,38,40,46-50,52-63,65-68,70-76H,3-14,16,18-19,22-29,31,33-37,39,41-45H2,1-2H3,(H,64,69)/b17-15-,21-20-,32-30+,40-38+. The third-order valence-corrected chi connectivity index (χ3v) is 15.8. The van der Waals surface area contributed by atoms with Gasteiger partial charge >= 0.3 is 0 Å². The number of aliphatic hydroxyl groups is 11. The molecule has 0 aliphatic carbocycles. The Morgan fingerprint density at radius 3 is 1.29 bits per heavy atom. The van der Waals surface area contributed by atoms with Crippen molar-refractivity contribution in [1.29, 1.82) is 0 Å². The second-order valence-corrected chi connectivity index (χ2v) is 22.9. The minimum atomic E-state index is -1.98. The van der Waals surface area contributed by atoms with Crippen LogP contribution >= 0.6 is 0 Å². The van der Waals surface area contributed by atoms with Crippen LogP contribution in [0.15, 0.2) is 48.6 Å². The molecule has 0 aromatic heterocycles. The van der Waals surface area contributed by atoms with Gasteiger partial charge in [0.15, 0.2) is 18.9 Å². The van der Waals surface area contributed by atoms with Crippen molar-refractivity contribution >= 4 is 5.91 Å². The first-order chi connectivity index (χ1) is 39.8. The first kappa shape index (κ1) is 74.0. The van der Waals surface area contributed by atoms with Crippen LogP contribution in [0.2, 0.25) is 0 Å². The maximum atomic E-state index is 13.3. The van der Waals surface area contributed by atoms with Crippen molar-refractivity contribution in [3.63, 3.8) is 0 Å². The minimum absolute atomic E-state index is 0.232. The van der Waals surface area contributed by atoms with Crippen molar-refractivity contribution in [2.75, 3.05) is 26.4 Å². The zero-order valence-electron chi connectivity index (χ0n) is 50.0. The number of ether oxygens (including phenoxy) is 6. The van der Waals surface area contributed by atoms with Gasteiger partial charge in [-0.2, -0.15) is 0 Å². The summed E-state index contributed by atoms with van der Waals surface area (Å²) in [5.74, 6) is -0.289. The number of rotatable bonds is 47. The number of unbranched alkanes of at least 4 members (excludes halogenated alkanes) is 25. The van der Waals surface area contributed by atoms with Crippen LogP contribution in [0.1, 0.15) is 213 Å². The predicted octanol–water partition coefficient (Wildman–Crippen LogP) is 6.65. The summed E-state index contributed by atoms with van der Waals surface area (Å²) in [4.78, 5) is 13.3. The fraction of sp³-hybridized carbons (Fsp3) is 0.857. The summed E-state index contributed by atoms with van der Waals surface area (Å²) in [6.45, 7) is 1.68. The van der Waals surface area contributed by atoms with Crippen LogP contribution in [0, 0.1) is 0 Å². The number of aliphatic hydroxyl groups excluding tert-OH is 11. The molecular formula is C63H113NO18. The Kier molecular flexibility index (Phi) is 41.5. The van der Waals surface area contributed by atoms with Gasteiger partial charge in [0.05, 0.1) is 38.6 Å². The molecule has 0 radical (unpaired) electrons. The first-order valence-electron chi connectivity index (χ1n) is 31.9. The Morgan fingerprint density at radius 2 is 0.817 bits per heavy atom. The van der Waals surface area contributed by atoms with E-state index in [9.17, 15) is 61.0 Å². The zero-order chi connectivity index (χ0) is 59.7. The molecule has 12 N–H and O–H groups in total. The highest BCUT2D eigenvalue weighted by molar-refractivity contribution is 5.76. The SMILES string of the molecule is CCCCCCC/C=C\C/C=C\CCCCCCCCCCCCCC(=O)NC(COC1OC(CO)C(OC2OC(CO)C(OC3OC(CO)C(O)C(O)C3O)C(O)C2O)C(O)C1O)C(O)/C=C/CC/C=C/CCCCCCCCCC. The topological polar surface area (TPSA) is 307 Å². The molecule has 0 aromatic carbocycles. The average Bonchev–Trinajstić information content (AvgIpc) is 3.14. The molecule has 0 spiro atoms. The fourth-order valence-electron chi connectivity index (χ4n) is 10.6. The summed E-state index contributed by atoms with van der Waals surface area (Å²) in [5, 5.41) is 120. The van der Waals surface area contributed by atoms with E-state index in [1.807, 2.05) is 6.08 Å². The average molecular weight is 1170 g/mol. The Hall–Kier alpha value is -2.25. The second-order valence-electron chi connectivity index (χ2n) is 22.9. The van der Waals surface area contributed by atoms with Crippen molar-refractivity contribution in [1.82, 2.24) is 5.32 Å². The number of nitrogens with one attached hydrogen (secondary N) is 1. The van der Waals surface area contributed by atoms with Crippen LogP contribution in [-0.4, -0.2) is 193 Å². The fourth-order valence-corrected chi connectivity index (χ4v) is 10.6. The van der Waals surface area contributed by atoms with Gasteiger partial charge in [-0.1, -0.05) is 191 Å². The van der Waals surface area contributed by atoms with Gasteiger partial charge in [0.25, 0.3) is 0 Å². The Labute approximate surface area is 491 Å². The number of hydrogen-bond donors (Lipinski definition) is 12. The van der Waals surface area contributed by atoms with Crippen molar-refractivity contribution in [2.24, 2.45) is 0 Å². The second kappa shape index (κ2) is 46.0. The van der Waals surface area contributed by atoms with Crippen molar-refractivity contribution < 1.29 is 89.4 Å². The lowest BCUT2D eigenvalue weighted by atomic mass is 9.96. The zero-order valence-corrected chi connectivity index (χ0v) is 50.0. The quantitative estimate of drug-likeness (QED) is 0.0224. The molecule has 19 heteroatoms. The van der Waals surface area contributed by atoms with Gasteiger partial charge in [-0.05, 0) is 64.2 Å². The summed E-state index contributed by atoms with van der Waals surface area (Å²) < 4.78 is 34.2. The normalized spacial score (nSPS) is 29.9. The molecule has 3 rings (SSSR count). The van der Waals surface area contributed by atoms with E-state index in [4.69, 9.17) is 28.4 Å². The monoisotopic (exact) mass is 1170 g/mol. The third-order valence-electron chi connectivity index (χ3n) is 15.8. The van der Waals surface area contributed by atoms with E-state index >= 15 is 0 Å². The number of carbonyl (C=O) groups excluding carboxylic acids is 1. The lowest BCUT2D eigenvalue weighted by Crippen LogP contribution is -2.66. The molecule has 3 saturated heterocycles. The van der Waals surface area contributed by atoms with Crippen LogP contribution in [0.4, 0.5) is 0 Å². The molecule has 478 valence electrons. The van der Waals surface area contributed by atoms with E-state index in [0.717, 1.165) is 51.4 Å². The third kappa shape index (κ3) is 29.0. The van der Waals surface area contributed by atoms with E-state index in [1.165, 1.54) is 128 Å². The highest BCUT2D eigenvalue weighted by Gasteiger charge is 2.53. The highest BCUT2D eigenvalue weighted by Crippen LogP contribution is 2.33. The van der Waals surface area contributed by atoms with E-state index in [2.05, 4.69) is 55.6 Å². The largest absolute Gasteiger partial charge is 0.394 e. The molecule has 19 nitrogen and oxygen atoms in total. The molecule has 0 aromatic rings. The Morgan fingerprint density at radius 1 is 0.439 bits per heavy atom. The lowest BCUT2D eigenvalue weighted by Gasteiger charge is -2.48. The van der Waals surface area contributed by atoms with Crippen molar-refractivity contribution in [2.45, 2.75) is 317 Å². The van der Waals surface area contributed by atoms with Crippen molar-refractivity contribution in [3.05, 3.63) is 48.6 Å². The van der Waals surface area contributed by atoms with Gasteiger partial charge < -0.3 is 89.9 Å². The van der Waals surface area contributed by atoms with E-state index in [-0.39, 0.29) is 18.9 Å². The van der Waals surface area contributed by atoms with Gasteiger partial charge in [0.2, 0.25) is 5.91 Å². The first-order valence-corrected chi connectivity index (χ1v) is 31.9. The number of allylic oxidation sites excluding steroid dienone is 7. The summed E-state index contributed by atoms with van der Waals surface area (Å²) in [7, 11) is 0.